The van der Waals surface area contributed by atoms with Crippen LogP contribution < -0.4 is 14.8 Å². The number of rotatable bonds is 11. The summed E-state index contributed by atoms with van der Waals surface area (Å²) in [7, 11) is 0. The van der Waals surface area contributed by atoms with Gasteiger partial charge in [-0.2, -0.15) is 0 Å². The van der Waals surface area contributed by atoms with Crippen LogP contribution in [0.5, 0.6) is 11.5 Å². The van der Waals surface area contributed by atoms with E-state index in [0.29, 0.717) is 35.8 Å². The maximum atomic E-state index is 12.8. The summed E-state index contributed by atoms with van der Waals surface area (Å²) in [5.41, 5.74) is 5.03. The van der Waals surface area contributed by atoms with Gasteiger partial charge in [0, 0.05) is 12.0 Å². The molecule has 6 nitrogen and oxygen atoms in total. The summed E-state index contributed by atoms with van der Waals surface area (Å²) >= 11 is 0. The molecule has 4 aromatic carbocycles. The Bertz CT molecular complexity index is 1370. The first kappa shape index (κ1) is 26.5. The molecule has 4 aromatic rings. The average Bonchev–Trinajstić information content (AvgIpc) is 2.91. The Morgan fingerprint density at radius 1 is 0.711 bits per heavy atom. The molecule has 38 heavy (non-hydrogen) atoms. The lowest BCUT2D eigenvalue weighted by atomic mass is 10.0. The van der Waals surface area contributed by atoms with Crippen molar-refractivity contribution >= 4 is 11.9 Å². The van der Waals surface area contributed by atoms with Crippen LogP contribution in [0.25, 0.3) is 0 Å². The fourth-order valence-corrected chi connectivity index (χ4v) is 4.17. The molecule has 0 fully saturated rings. The first-order chi connectivity index (χ1) is 18.4. The van der Waals surface area contributed by atoms with Gasteiger partial charge in [-0.05, 0) is 54.8 Å². The monoisotopic (exact) mass is 509 g/mol. The summed E-state index contributed by atoms with van der Waals surface area (Å²) in [5, 5.41) is 12.5. The number of hydrogen-bond donors (Lipinski definition) is 2. The molecule has 0 aliphatic rings. The van der Waals surface area contributed by atoms with Gasteiger partial charge >= 0.3 is 5.97 Å². The molecule has 0 heterocycles. The number of carboxylic acids is 1. The van der Waals surface area contributed by atoms with E-state index in [2.05, 4.69) is 5.32 Å². The lowest BCUT2D eigenvalue weighted by Crippen LogP contribution is -2.42. The molecule has 1 atom stereocenters. The number of aliphatic carboxylic acids is 1. The predicted octanol–water partition coefficient (Wildman–Crippen LogP) is 5.89. The van der Waals surface area contributed by atoms with E-state index >= 15 is 0 Å². The minimum Gasteiger partial charge on any atom is -0.485 e. The highest BCUT2D eigenvalue weighted by Gasteiger charge is 2.22. The predicted molar refractivity (Wildman–Crippen MR) is 146 cm³/mol. The van der Waals surface area contributed by atoms with Crippen molar-refractivity contribution in [1.82, 2.24) is 5.32 Å². The van der Waals surface area contributed by atoms with Gasteiger partial charge in [0.15, 0.2) is 11.5 Å². The molecule has 6 heteroatoms. The van der Waals surface area contributed by atoms with Gasteiger partial charge in [-0.1, -0.05) is 83.9 Å². The van der Waals surface area contributed by atoms with Crippen LogP contribution in [0.1, 0.15) is 38.2 Å². The van der Waals surface area contributed by atoms with Gasteiger partial charge in [0.05, 0.1) is 0 Å². The molecule has 194 valence electrons. The molecule has 0 aliphatic heterocycles. The number of carboxylic acid groups (broad SMARTS) is 1. The number of ether oxygens (including phenoxy) is 2. The number of carbonyl (C=O) groups excluding carboxylic acids is 1. The Kier molecular flexibility index (Phi) is 8.77. The van der Waals surface area contributed by atoms with E-state index in [9.17, 15) is 14.7 Å². The van der Waals surface area contributed by atoms with Crippen molar-refractivity contribution in [3.05, 3.63) is 130 Å². The number of amides is 1. The number of benzene rings is 4. The lowest BCUT2D eigenvalue weighted by Gasteiger charge is -2.18. The molecule has 0 aromatic heterocycles. The van der Waals surface area contributed by atoms with E-state index in [4.69, 9.17) is 9.47 Å². The molecule has 0 bridgehead atoms. The summed E-state index contributed by atoms with van der Waals surface area (Å²) in [6, 6.07) is 29.3. The molecule has 4 rings (SSSR count). The third-order valence-corrected chi connectivity index (χ3v) is 6.01. The number of hydrogen-bond acceptors (Lipinski definition) is 4. The molecule has 0 aliphatic carbocycles. The summed E-state index contributed by atoms with van der Waals surface area (Å²) in [5.74, 6) is -0.474. The van der Waals surface area contributed by atoms with Crippen molar-refractivity contribution in [3.63, 3.8) is 0 Å². The van der Waals surface area contributed by atoms with Gasteiger partial charge in [0.1, 0.15) is 19.3 Å². The maximum absolute atomic E-state index is 12.8. The fraction of sp³-hybridized carbons (Fsp3) is 0.188. The SMILES string of the molecule is Cc1cc(C)cc(C(=O)N[C@H](Cc2ccc(OCc3ccccc3)c(OCc3ccccc3)c2)C(=O)O)c1. The Morgan fingerprint density at radius 3 is 1.82 bits per heavy atom. The molecule has 0 saturated carbocycles. The molecular formula is C32H31NO5. The van der Waals surface area contributed by atoms with Crippen LogP contribution in [0.4, 0.5) is 0 Å². The first-order valence-electron chi connectivity index (χ1n) is 12.5. The number of nitrogens with one attached hydrogen (secondary N) is 1. The normalized spacial score (nSPS) is 11.4. The average molecular weight is 510 g/mol. The molecule has 0 unspecified atom stereocenters. The highest BCUT2D eigenvalue weighted by Crippen LogP contribution is 2.30. The van der Waals surface area contributed by atoms with E-state index in [1.807, 2.05) is 80.6 Å². The molecule has 2 N–H and O–H groups in total. The molecule has 0 saturated heterocycles. The van der Waals surface area contributed by atoms with Crippen LogP contribution in [0.15, 0.2) is 97.1 Å². The smallest absolute Gasteiger partial charge is 0.326 e. The van der Waals surface area contributed by atoms with Gasteiger partial charge < -0.3 is 19.9 Å². The van der Waals surface area contributed by atoms with E-state index in [0.717, 1.165) is 22.3 Å². The van der Waals surface area contributed by atoms with Crippen LogP contribution in [-0.4, -0.2) is 23.0 Å². The molecule has 0 radical (unpaired) electrons. The molecular weight excluding hydrogens is 478 g/mol. The zero-order chi connectivity index (χ0) is 26.9. The van der Waals surface area contributed by atoms with Crippen LogP contribution in [0.2, 0.25) is 0 Å². The van der Waals surface area contributed by atoms with E-state index < -0.39 is 17.9 Å². The van der Waals surface area contributed by atoms with Gasteiger partial charge in [0.25, 0.3) is 5.91 Å². The maximum Gasteiger partial charge on any atom is 0.326 e. The minimum absolute atomic E-state index is 0.0898. The Morgan fingerprint density at radius 2 is 1.26 bits per heavy atom. The largest absolute Gasteiger partial charge is 0.485 e. The van der Waals surface area contributed by atoms with Crippen molar-refractivity contribution in [2.24, 2.45) is 0 Å². The standard InChI is InChI=1S/C32H31NO5/c1-22-15-23(2)17-27(16-22)31(34)33-28(32(35)36)18-26-13-14-29(37-20-24-9-5-3-6-10-24)30(19-26)38-21-25-11-7-4-8-12-25/h3-17,19,28H,18,20-21H2,1-2H3,(H,33,34)(H,35,36)/t28-/m1/s1. The lowest BCUT2D eigenvalue weighted by molar-refractivity contribution is -0.139. The van der Waals surface area contributed by atoms with Crippen LogP contribution in [0.3, 0.4) is 0 Å². The third kappa shape index (κ3) is 7.46. The fourth-order valence-electron chi connectivity index (χ4n) is 4.17. The van der Waals surface area contributed by atoms with E-state index in [-0.39, 0.29) is 6.42 Å². The van der Waals surface area contributed by atoms with Crippen LogP contribution >= 0.6 is 0 Å². The summed E-state index contributed by atoms with van der Waals surface area (Å²) in [6.07, 6.45) is 0.0898. The highest BCUT2D eigenvalue weighted by atomic mass is 16.5. The van der Waals surface area contributed by atoms with Crippen molar-refractivity contribution in [1.29, 1.82) is 0 Å². The summed E-state index contributed by atoms with van der Waals surface area (Å²) < 4.78 is 12.2. The molecule has 0 spiro atoms. The second kappa shape index (κ2) is 12.6. The van der Waals surface area contributed by atoms with Gasteiger partial charge in [-0.15, -0.1) is 0 Å². The van der Waals surface area contributed by atoms with Crippen molar-refractivity contribution in [3.8, 4) is 11.5 Å². The second-order valence-corrected chi connectivity index (χ2v) is 9.27. The Hall–Kier alpha value is -4.58. The zero-order valence-electron chi connectivity index (χ0n) is 21.5. The van der Waals surface area contributed by atoms with Gasteiger partial charge in [0.2, 0.25) is 0 Å². The topological polar surface area (TPSA) is 84.9 Å². The van der Waals surface area contributed by atoms with Crippen LogP contribution in [-0.2, 0) is 24.4 Å². The number of aryl methyl sites for hydroxylation is 2. The Balaban J connectivity index is 1.52. The Labute approximate surface area is 222 Å². The summed E-state index contributed by atoms with van der Waals surface area (Å²) in [6.45, 7) is 4.50. The van der Waals surface area contributed by atoms with Gasteiger partial charge in [-0.3, -0.25) is 4.79 Å². The minimum atomic E-state index is -1.11. The second-order valence-electron chi connectivity index (χ2n) is 9.27. The first-order valence-corrected chi connectivity index (χ1v) is 12.5. The van der Waals surface area contributed by atoms with E-state index in [1.165, 1.54) is 0 Å². The quantitative estimate of drug-likeness (QED) is 0.263. The highest BCUT2D eigenvalue weighted by molar-refractivity contribution is 5.97. The van der Waals surface area contributed by atoms with Crippen molar-refractivity contribution in [2.45, 2.75) is 39.5 Å². The number of carbonyl (C=O) groups is 2. The van der Waals surface area contributed by atoms with Crippen molar-refractivity contribution < 1.29 is 24.2 Å². The third-order valence-electron chi connectivity index (χ3n) is 6.01. The van der Waals surface area contributed by atoms with Crippen LogP contribution in [0, 0.1) is 13.8 Å². The molecule has 1 amide bonds. The summed E-state index contributed by atoms with van der Waals surface area (Å²) in [4.78, 5) is 24.9. The van der Waals surface area contributed by atoms with Crippen molar-refractivity contribution in [2.75, 3.05) is 0 Å². The van der Waals surface area contributed by atoms with E-state index in [1.54, 1.807) is 30.3 Å². The zero-order valence-corrected chi connectivity index (χ0v) is 21.5. The van der Waals surface area contributed by atoms with Gasteiger partial charge in [-0.25, -0.2) is 4.79 Å².